The molecular weight excluding hydrogens is 262 g/mol. The number of fused-ring (bicyclic) bond motifs is 1. The lowest BCUT2D eigenvalue weighted by Crippen LogP contribution is -2.00. The predicted molar refractivity (Wildman–Crippen MR) is 86.3 cm³/mol. The van der Waals surface area contributed by atoms with Gasteiger partial charge >= 0.3 is 0 Å². The number of imidazole rings is 1. The molecule has 0 atom stereocenters. The van der Waals surface area contributed by atoms with Gasteiger partial charge < -0.3 is 15.0 Å². The zero-order valence-electron chi connectivity index (χ0n) is 11.9. The van der Waals surface area contributed by atoms with Crippen LogP contribution in [0.1, 0.15) is 0 Å². The van der Waals surface area contributed by atoms with Gasteiger partial charge in [-0.2, -0.15) is 0 Å². The Balaban J connectivity index is 2.06. The number of rotatable bonds is 4. The van der Waals surface area contributed by atoms with Gasteiger partial charge in [0.05, 0.1) is 13.4 Å². The van der Waals surface area contributed by atoms with Crippen molar-refractivity contribution in [1.29, 1.82) is 0 Å². The molecule has 0 saturated carbocycles. The van der Waals surface area contributed by atoms with Gasteiger partial charge in [0.2, 0.25) is 0 Å². The molecule has 0 fully saturated rings. The van der Waals surface area contributed by atoms with E-state index in [2.05, 4.69) is 23.7 Å². The minimum Gasteiger partial charge on any atom is -0.497 e. The van der Waals surface area contributed by atoms with E-state index in [1.165, 1.54) is 0 Å². The highest BCUT2D eigenvalue weighted by Gasteiger charge is 2.10. The molecule has 0 saturated heterocycles. The highest BCUT2D eigenvalue weighted by Crippen LogP contribution is 2.29. The Hall–Kier alpha value is -2.75. The molecule has 0 bridgehead atoms. The molecule has 1 aromatic heterocycles. The normalized spacial score (nSPS) is 10.7. The van der Waals surface area contributed by atoms with Crippen molar-refractivity contribution in [2.75, 3.05) is 12.8 Å². The van der Waals surface area contributed by atoms with Crippen LogP contribution in [0.2, 0.25) is 0 Å². The largest absolute Gasteiger partial charge is 0.497 e. The van der Waals surface area contributed by atoms with E-state index in [4.69, 9.17) is 10.5 Å². The minimum absolute atomic E-state index is 0.655. The second kappa shape index (κ2) is 5.32. The summed E-state index contributed by atoms with van der Waals surface area (Å²) in [6, 6.07) is 12.2. The summed E-state index contributed by atoms with van der Waals surface area (Å²) in [4.78, 5) is 4.41. The van der Waals surface area contributed by atoms with Gasteiger partial charge in [0.15, 0.2) is 0 Å². The number of nitrogens with zero attached hydrogens (tertiary/aromatic N) is 2. The van der Waals surface area contributed by atoms with Crippen molar-refractivity contribution in [3.63, 3.8) is 0 Å². The van der Waals surface area contributed by atoms with Crippen molar-refractivity contribution < 1.29 is 4.74 Å². The first-order valence-electron chi connectivity index (χ1n) is 6.72. The van der Waals surface area contributed by atoms with Gasteiger partial charge in [-0.15, -0.1) is 6.58 Å². The lowest BCUT2D eigenvalue weighted by atomic mass is 10.0. The molecule has 1 heterocycles. The molecule has 3 aromatic rings. The van der Waals surface area contributed by atoms with Crippen molar-refractivity contribution in [2.24, 2.45) is 0 Å². The predicted octanol–water partition coefficient (Wildman–Crippen LogP) is 3.48. The molecule has 2 aromatic carbocycles. The number of nitrogen functional groups attached to an aromatic ring is 1. The molecule has 4 nitrogen and oxygen atoms in total. The van der Waals surface area contributed by atoms with Crippen LogP contribution in [0.5, 0.6) is 5.75 Å². The van der Waals surface area contributed by atoms with Gasteiger partial charge in [0, 0.05) is 12.1 Å². The van der Waals surface area contributed by atoms with E-state index in [9.17, 15) is 0 Å². The quantitative estimate of drug-likeness (QED) is 0.744. The number of methoxy groups -OCH3 is 1. The fourth-order valence-corrected chi connectivity index (χ4v) is 2.40. The van der Waals surface area contributed by atoms with Crippen LogP contribution in [0.4, 0.5) is 5.82 Å². The number of allylic oxidation sites excluding steroid dienone is 1. The summed E-state index contributed by atoms with van der Waals surface area (Å²) in [7, 11) is 1.67. The maximum absolute atomic E-state index is 6.14. The van der Waals surface area contributed by atoms with Gasteiger partial charge in [-0.25, -0.2) is 4.98 Å². The van der Waals surface area contributed by atoms with Crippen molar-refractivity contribution in [3.05, 3.63) is 55.4 Å². The highest BCUT2D eigenvalue weighted by atomic mass is 16.5. The topological polar surface area (TPSA) is 53.1 Å². The molecule has 106 valence electrons. The van der Waals surface area contributed by atoms with Gasteiger partial charge in [0.25, 0.3) is 0 Å². The fraction of sp³-hybridized carbons (Fsp3) is 0.118. The average Bonchev–Trinajstić information content (AvgIpc) is 2.88. The van der Waals surface area contributed by atoms with E-state index in [1.54, 1.807) is 19.5 Å². The Morgan fingerprint density at radius 2 is 2.00 bits per heavy atom. The van der Waals surface area contributed by atoms with E-state index in [-0.39, 0.29) is 0 Å². The number of aromatic nitrogens is 2. The Kier molecular flexibility index (Phi) is 3.36. The van der Waals surface area contributed by atoms with Crippen LogP contribution in [-0.4, -0.2) is 16.7 Å². The third-order valence-electron chi connectivity index (χ3n) is 3.52. The van der Waals surface area contributed by atoms with Crippen LogP contribution in [0.15, 0.2) is 55.4 Å². The van der Waals surface area contributed by atoms with Crippen LogP contribution in [0.25, 0.3) is 22.0 Å². The summed E-state index contributed by atoms with van der Waals surface area (Å²) in [6.45, 7) is 4.38. The summed E-state index contributed by atoms with van der Waals surface area (Å²) < 4.78 is 7.12. The molecular formula is C17H17N3O. The summed E-state index contributed by atoms with van der Waals surface area (Å²) >= 11 is 0. The number of benzene rings is 2. The molecule has 0 aliphatic rings. The van der Waals surface area contributed by atoms with Crippen molar-refractivity contribution in [3.8, 4) is 17.0 Å². The molecule has 0 aliphatic carbocycles. The van der Waals surface area contributed by atoms with Gasteiger partial charge in [-0.3, -0.25) is 0 Å². The first-order valence-corrected chi connectivity index (χ1v) is 6.72. The van der Waals surface area contributed by atoms with E-state index < -0.39 is 0 Å². The summed E-state index contributed by atoms with van der Waals surface area (Å²) in [6.07, 6.45) is 3.54. The van der Waals surface area contributed by atoms with E-state index in [0.29, 0.717) is 12.4 Å². The molecule has 0 unspecified atom stereocenters. The molecule has 0 aliphatic heterocycles. The molecule has 2 N–H and O–H groups in total. The molecule has 0 amide bonds. The molecule has 0 radical (unpaired) electrons. The lowest BCUT2D eigenvalue weighted by Gasteiger charge is -2.06. The fourth-order valence-electron chi connectivity index (χ4n) is 2.40. The highest BCUT2D eigenvalue weighted by molar-refractivity contribution is 5.89. The van der Waals surface area contributed by atoms with Crippen molar-refractivity contribution in [1.82, 2.24) is 9.55 Å². The third kappa shape index (κ3) is 2.36. The Morgan fingerprint density at radius 1 is 1.24 bits per heavy atom. The molecule has 21 heavy (non-hydrogen) atoms. The third-order valence-corrected chi connectivity index (χ3v) is 3.52. The second-order valence-electron chi connectivity index (χ2n) is 4.85. The molecule has 3 rings (SSSR count). The summed E-state index contributed by atoms with van der Waals surface area (Å²) in [5, 5.41) is 2.26. The van der Waals surface area contributed by atoms with Crippen molar-refractivity contribution >= 4 is 16.6 Å². The zero-order chi connectivity index (χ0) is 14.8. The number of nitrogens with two attached hydrogens (primary N) is 1. The standard InChI is InChI=1S/C17H17N3O/c1-3-8-20-11-19-16(17(20)18)14-5-4-13-10-15(21-2)7-6-12(13)9-14/h3-7,9-11H,1,8,18H2,2H3. The maximum atomic E-state index is 6.14. The van der Waals surface area contributed by atoms with Gasteiger partial charge in [0.1, 0.15) is 17.3 Å². The Morgan fingerprint density at radius 3 is 2.76 bits per heavy atom. The Bertz CT molecular complexity index is 805. The first kappa shape index (κ1) is 13.2. The minimum atomic E-state index is 0.655. The first-order chi connectivity index (χ1) is 10.2. The average molecular weight is 279 g/mol. The van der Waals surface area contributed by atoms with Gasteiger partial charge in [-0.05, 0) is 29.0 Å². The van der Waals surface area contributed by atoms with E-state index in [1.807, 2.05) is 28.8 Å². The summed E-state index contributed by atoms with van der Waals surface area (Å²) in [5.74, 6) is 1.51. The maximum Gasteiger partial charge on any atom is 0.131 e. The SMILES string of the molecule is C=CCn1cnc(-c2ccc3cc(OC)ccc3c2)c1N. The second-order valence-corrected chi connectivity index (χ2v) is 4.85. The summed E-state index contributed by atoms with van der Waals surface area (Å²) in [5.41, 5.74) is 7.95. The zero-order valence-corrected chi connectivity index (χ0v) is 11.9. The van der Waals surface area contributed by atoms with Crippen LogP contribution >= 0.6 is 0 Å². The number of hydrogen-bond acceptors (Lipinski definition) is 3. The van der Waals surface area contributed by atoms with Gasteiger partial charge in [-0.1, -0.05) is 24.3 Å². The van der Waals surface area contributed by atoms with E-state index in [0.717, 1.165) is 27.8 Å². The Labute approximate surface area is 123 Å². The monoisotopic (exact) mass is 279 g/mol. The number of anilines is 1. The van der Waals surface area contributed by atoms with Crippen LogP contribution in [-0.2, 0) is 6.54 Å². The smallest absolute Gasteiger partial charge is 0.131 e. The number of ether oxygens (including phenoxy) is 1. The lowest BCUT2D eigenvalue weighted by molar-refractivity contribution is 0.415. The van der Waals surface area contributed by atoms with Crippen LogP contribution < -0.4 is 10.5 Å². The number of hydrogen-bond donors (Lipinski definition) is 1. The van der Waals surface area contributed by atoms with Crippen molar-refractivity contribution in [2.45, 2.75) is 6.54 Å². The molecule has 0 spiro atoms. The van der Waals surface area contributed by atoms with Crippen LogP contribution in [0.3, 0.4) is 0 Å². The van der Waals surface area contributed by atoms with E-state index >= 15 is 0 Å². The molecule has 4 heteroatoms. The van der Waals surface area contributed by atoms with Crippen LogP contribution in [0, 0.1) is 0 Å².